The zero-order valence-corrected chi connectivity index (χ0v) is 10.6. The molecule has 0 aliphatic carbocycles. The van der Waals surface area contributed by atoms with E-state index in [0.717, 1.165) is 17.1 Å². The van der Waals surface area contributed by atoms with Gasteiger partial charge in [0.1, 0.15) is 0 Å². The minimum Gasteiger partial charge on any atom is -0.351 e. The zero-order chi connectivity index (χ0) is 15.2. The number of nitrogens with zero attached hydrogens (tertiary/aromatic N) is 3. The molecule has 1 unspecified atom stereocenters. The predicted octanol–water partition coefficient (Wildman–Crippen LogP) is 3.25. The molecule has 0 heterocycles. The third kappa shape index (κ3) is 4.20. The van der Waals surface area contributed by atoms with E-state index in [1.54, 1.807) is 0 Å². The van der Waals surface area contributed by atoms with Crippen molar-refractivity contribution in [1.29, 1.82) is 5.26 Å². The number of halogens is 3. The van der Waals surface area contributed by atoms with E-state index in [1.807, 2.05) is 6.07 Å². The van der Waals surface area contributed by atoms with Crippen molar-refractivity contribution in [1.82, 2.24) is 5.01 Å². The van der Waals surface area contributed by atoms with E-state index in [9.17, 15) is 18.1 Å². The molecule has 1 aromatic rings. The predicted molar refractivity (Wildman–Crippen MR) is 63.9 cm³/mol. The molecule has 0 fully saturated rings. The smallest absolute Gasteiger partial charge is 0.351 e. The molecule has 0 saturated carbocycles. The second kappa shape index (κ2) is 6.86. The summed E-state index contributed by atoms with van der Waals surface area (Å²) >= 11 is 0. The van der Waals surface area contributed by atoms with Crippen LogP contribution in [0.4, 0.5) is 13.2 Å². The summed E-state index contributed by atoms with van der Waals surface area (Å²) in [5, 5.41) is 12.0. The summed E-state index contributed by atoms with van der Waals surface area (Å²) < 4.78 is 42.6. The molecule has 5 nitrogen and oxygen atoms in total. The maximum absolute atomic E-state index is 12.4. The van der Waals surface area contributed by atoms with E-state index in [2.05, 4.69) is 5.29 Å². The van der Waals surface area contributed by atoms with Crippen LogP contribution < -0.4 is 0 Å². The van der Waals surface area contributed by atoms with Crippen LogP contribution >= 0.6 is 0 Å². The third-order valence-corrected chi connectivity index (χ3v) is 2.48. The Labute approximate surface area is 113 Å². The number of benzene rings is 1. The largest absolute Gasteiger partial charge is 0.416 e. The van der Waals surface area contributed by atoms with Gasteiger partial charge in [-0.15, -0.1) is 4.91 Å². The molecular weight excluding hydrogens is 275 g/mol. The Hall–Kier alpha value is -2.14. The van der Waals surface area contributed by atoms with Gasteiger partial charge < -0.3 is 4.74 Å². The van der Waals surface area contributed by atoms with Crippen molar-refractivity contribution in [2.75, 3.05) is 13.7 Å². The number of alkyl halides is 3. The summed E-state index contributed by atoms with van der Waals surface area (Å²) in [6, 6.07) is 6.07. The standard InChI is InChI=1S/C12H12F3N3O2/c1-18(17-19)11(20-8-2-7-16)9-3-5-10(6-4-9)12(13,14)15/h3-6,11H,2,8H2,1H3. The second-order valence-corrected chi connectivity index (χ2v) is 3.91. The molecule has 0 bridgehead atoms. The first kappa shape index (κ1) is 15.9. The highest BCUT2D eigenvalue weighted by atomic mass is 19.4. The monoisotopic (exact) mass is 287 g/mol. The normalized spacial score (nSPS) is 12.6. The van der Waals surface area contributed by atoms with Crippen LogP contribution in [0.2, 0.25) is 0 Å². The highest BCUT2D eigenvalue weighted by molar-refractivity contribution is 5.25. The summed E-state index contributed by atoms with van der Waals surface area (Å²) in [4.78, 5) is 10.5. The van der Waals surface area contributed by atoms with Crippen LogP contribution in [0.15, 0.2) is 29.6 Å². The Morgan fingerprint density at radius 1 is 1.40 bits per heavy atom. The molecule has 0 aliphatic rings. The quantitative estimate of drug-likeness (QED) is 0.348. The molecular formula is C12H12F3N3O2. The lowest BCUT2D eigenvalue weighted by Crippen LogP contribution is -2.22. The molecule has 0 aliphatic heterocycles. The molecule has 0 spiro atoms. The Balaban J connectivity index is 2.91. The minimum absolute atomic E-state index is 0.0437. The fourth-order valence-corrected chi connectivity index (χ4v) is 1.52. The highest BCUT2D eigenvalue weighted by Gasteiger charge is 2.30. The summed E-state index contributed by atoms with van der Waals surface area (Å²) in [5.74, 6) is 0. The Bertz CT molecular complexity index is 482. The summed E-state index contributed by atoms with van der Waals surface area (Å²) in [5.41, 5.74) is -0.447. The molecule has 0 aromatic heterocycles. The average Bonchev–Trinajstić information content (AvgIpc) is 2.42. The Kier molecular flexibility index (Phi) is 5.46. The molecule has 108 valence electrons. The second-order valence-electron chi connectivity index (χ2n) is 3.91. The van der Waals surface area contributed by atoms with E-state index in [4.69, 9.17) is 10.00 Å². The van der Waals surface area contributed by atoms with Gasteiger partial charge in [-0.1, -0.05) is 12.1 Å². The molecule has 1 rings (SSSR count). The molecule has 20 heavy (non-hydrogen) atoms. The first-order chi connectivity index (χ1) is 9.40. The summed E-state index contributed by atoms with van der Waals surface area (Å²) in [6.45, 7) is 0.0437. The van der Waals surface area contributed by atoms with Gasteiger partial charge in [-0.25, -0.2) is 5.01 Å². The van der Waals surface area contributed by atoms with Crippen molar-refractivity contribution in [2.24, 2.45) is 5.29 Å². The van der Waals surface area contributed by atoms with Crippen LogP contribution in [0, 0.1) is 16.2 Å². The number of nitroso groups, excluding NO2 is 1. The maximum Gasteiger partial charge on any atom is 0.416 e. The third-order valence-electron chi connectivity index (χ3n) is 2.48. The van der Waals surface area contributed by atoms with Gasteiger partial charge in [0.15, 0.2) is 6.23 Å². The van der Waals surface area contributed by atoms with Crippen molar-refractivity contribution in [3.05, 3.63) is 40.3 Å². The fraction of sp³-hybridized carbons (Fsp3) is 0.417. The number of rotatable bonds is 6. The first-order valence-corrected chi connectivity index (χ1v) is 5.62. The zero-order valence-electron chi connectivity index (χ0n) is 10.6. The van der Waals surface area contributed by atoms with E-state index < -0.39 is 18.0 Å². The SMILES string of the molecule is CN(N=O)C(OCCC#N)c1ccc(C(F)(F)F)cc1. The Morgan fingerprint density at radius 2 is 2.00 bits per heavy atom. The van der Waals surface area contributed by atoms with Crippen LogP contribution in [-0.2, 0) is 10.9 Å². The topological polar surface area (TPSA) is 65.7 Å². The van der Waals surface area contributed by atoms with E-state index in [0.29, 0.717) is 5.56 Å². The molecule has 1 atom stereocenters. The van der Waals surface area contributed by atoms with Crippen molar-refractivity contribution < 1.29 is 17.9 Å². The van der Waals surface area contributed by atoms with Gasteiger partial charge >= 0.3 is 6.18 Å². The minimum atomic E-state index is -4.43. The number of hydrogen-bond donors (Lipinski definition) is 0. The molecule has 1 aromatic carbocycles. The number of ether oxygens (including phenoxy) is 1. The summed E-state index contributed by atoms with van der Waals surface area (Å²) in [6.07, 6.45) is -5.25. The molecule has 0 amide bonds. The van der Waals surface area contributed by atoms with Crippen LogP contribution in [0.25, 0.3) is 0 Å². The van der Waals surface area contributed by atoms with Crippen LogP contribution in [0.3, 0.4) is 0 Å². The molecule has 8 heteroatoms. The molecule has 0 N–H and O–H groups in total. The van der Waals surface area contributed by atoms with Crippen LogP contribution in [0.5, 0.6) is 0 Å². The number of nitriles is 1. The highest BCUT2D eigenvalue weighted by Crippen LogP contribution is 2.31. The van der Waals surface area contributed by atoms with Gasteiger partial charge in [0.2, 0.25) is 0 Å². The number of hydrogen-bond acceptors (Lipinski definition) is 4. The maximum atomic E-state index is 12.4. The van der Waals surface area contributed by atoms with Crippen molar-refractivity contribution >= 4 is 0 Å². The van der Waals surface area contributed by atoms with Crippen LogP contribution in [-0.4, -0.2) is 18.7 Å². The molecule has 0 radical (unpaired) electrons. The van der Waals surface area contributed by atoms with Gasteiger partial charge in [0.25, 0.3) is 0 Å². The lowest BCUT2D eigenvalue weighted by atomic mass is 10.1. The van der Waals surface area contributed by atoms with Crippen molar-refractivity contribution in [2.45, 2.75) is 18.8 Å². The molecule has 0 saturated heterocycles. The van der Waals surface area contributed by atoms with Gasteiger partial charge in [-0.05, 0) is 12.1 Å². The van der Waals surface area contributed by atoms with Gasteiger partial charge in [-0.3, -0.25) is 0 Å². The average molecular weight is 287 g/mol. The lowest BCUT2D eigenvalue weighted by molar-refractivity contribution is -0.137. The first-order valence-electron chi connectivity index (χ1n) is 5.62. The van der Waals surface area contributed by atoms with Gasteiger partial charge in [-0.2, -0.15) is 18.4 Å². The van der Waals surface area contributed by atoms with Crippen molar-refractivity contribution in [3.63, 3.8) is 0 Å². The van der Waals surface area contributed by atoms with Gasteiger partial charge in [0, 0.05) is 12.6 Å². The van der Waals surface area contributed by atoms with E-state index in [1.165, 1.54) is 19.2 Å². The Morgan fingerprint density at radius 3 is 2.45 bits per heavy atom. The van der Waals surface area contributed by atoms with Gasteiger partial charge in [0.05, 0.1) is 29.9 Å². The van der Waals surface area contributed by atoms with Crippen LogP contribution in [0.1, 0.15) is 23.8 Å². The lowest BCUT2D eigenvalue weighted by Gasteiger charge is -2.23. The van der Waals surface area contributed by atoms with E-state index >= 15 is 0 Å². The van der Waals surface area contributed by atoms with Crippen molar-refractivity contribution in [3.8, 4) is 6.07 Å². The fourth-order valence-electron chi connectivity index (χ4n) is 1.52. The summed E-state index contributed by atoms with van der Waals surface area (Å²) in [7, 11) is 1.34. The van der Waals surface area contributed by atoms with E-state index in [-0.39, 0.29) is 13.0 Å².